The van der Waals surface area contributed by atoms with E-state index in [2.05, 4.69) is 12.1 Å². The lowest BCUT2D eigenvalue weighted by Gasteiger charge is -2.07. The van der Waals surface area contributed by atoms with Crippen LogP contribution in [0.5, 0.6) is 11.5 Å². The van der Waals surface area contributed by atoms with Crippen molar-refractivity contribution in [3.8, 4) is 11.5 Å². The van der Waals surface area contributed by atoms with Gasteiger partial charge in [-0.1, -0.05) is 30.3 Å². The van der Waals surface area contributed by atoms with Crippen molar-refractivity contribution in [1.82, 2.24) is 0 Å². The minimum Gasteiger partial charge on any atom is -0.508 e. The molecule has 0 radical (unpaired) electrons. The predicted octanol–water partition coefficient (Wildman–Crippen LogP) is 2.92. The molecule has 86 valence electrons. The van der Waals surface area contributed by atoms with Crippen LogP contribution >= 0.6 is 0 Å². The van der Waals surface area contributed by atoms with Crippen LogP contribution in [-0.4, -0.2) is 11.7 Å². The zero-order chi connectivity index (χ0) is 11.7. The first-order valence-corrected chi connectivity index (χ1v) is 5.84. The first kappa shape index (κ1) is 10.2. The lowest BCUT2D eigenvalue weighted by atomic mass is 10.0. The summed E-state index contributed by atoms with van der Waals surface area (Å²) in [5.41, 5.74) is 3.23. The molecule has 0 aliphatic carbocycles. The SMILES string of the molecule is Oc1cc2c(cc1Cc1ccccc1)OCC2. The molecule has 2 nitrogen and oxygen atoms in total. The van der Waals surface area contributed by atoms with Gasteiger partial charge in [-0.15, -0.1) is 0 Å². The van der Waals surface area contributed by atoms with E-state index in [-0.39, 0.29) is 0 Å². The molecule has 3 rings (SSSR count). The normalized spacial score (nSPS) is 13.2. The van der Waals surface area contributed by atoms with Crippen LogP contribution in [0.4, 0.5) is 0 Å². The summed E-state index contributed by atoms with van der Waals surface area (Å²) >= 11 is 0. The zero-order valence-corrected chi connectivity index (χ0v) is 9.52. The van der Waals surface area contributed by atoms with Crippen LogP contribution in [0.2, 0.25) is 0 Å². The molecule has 1 aliphatic heterocycles. The van der Waals surface area contributed by atoms with Crippen LogP contribution in [0.15, 0.2) is 42.5 Å². The molecule has 1 N–H and O–H groups in total. The summed E-state index contributed by atoms with van der Waals surface area (Å²) in [5.74, 6) is 1.30. The van der Waals surface area contributed by atoms with Crippen molar-refractivity contribution in [2.24, 2.45) is 0 Å². The lowest BCUT2D eigenvalue weighted by Crippen LogP contribution is -1.90. The number of hydrogen-bond donors (Lipinski definition) is 1. The maximum Gasteiger partial charge on any atom is 0.123 e. The van der Waals surface area contributed by atoms with Gasteiger partial charge in [0.15, 0.2) is 0 Å². The fourth-order valence-electron chi connectivity index (χ4n) is 2.21. The Kier molecular flexibility index (Phi) is 2.48. The van der Waals surface area contributed by atoms with E-state index in [0.717, 1.165) is 36.3 Å². The third kappa shape index (κ3) is 1.98. The first-order chi connectivity index (χ1) is 8.33. The molecule has 2 aromatic rings. The van der Waals surface area contributed by atoms with Gasteiger partial charge < -0.3 is 9.84 Å². The van der Waals surface area contributed by atoms with Crippen LogP contribution in [0.25, 0.3) is 0 Å². The number of hydrogen-bond acceptors (Lipinski definition) is 2. The third-order valence-corrected chi connectivity index (χ3v) is 3.13. The van der Waals surface area contributed by atoms with Gasteiger partial charge in [-0.2, -0.15) is 0 Å². The van der Waals surface area contributed by atoms with E-state index in [1.54, 1.807) is 0 Å². The molecule has 2 aromatic carbocycles. The van der Waals surface area contributed by atoms with Gasteiger partial charge in [-0.25, -0.2) is 0 Å². The molecule has 0 atom stereocenters. The number of ether oxygens (including phenoxy) is 1. The van der Waals surface area contributed by atoms with Crippen molar-refractivity contribution in [1.29, 1.82) is 0 Å². The van der Waals surface area contributed by atoms with E-state index in [1.165, 1.54) is 5.56 Å². The second kappa shape index (κ2) is 4.13. The molecule has 0 unspecified atom stereocenters. The van der Waals surface area contributed by atoms with Gasteiger partial charge in [-0.05, 0) is 17.7 Å². The van der Waals surface area contributed by atoms with E-state index in [1.807, 2.05) is 30.3 Å². The summed E-state index contributed by atoms with van der Waals surface area (Å²) in [5, 5.41) is 9.98. The van der Waals surface area contributed by atoms with Gasteiger partial charge in [0, 0.05) is 24.0 Å². The highest BCUT2D eigenvalue weighted by atomic mass is 16.5. The summed E-state index contributed by atoms with van der Waals surface area (Å²) in [7, 11) is 0. The van der Waals surface area contributed by atoms with E-state index >= 15 is 0 Å². The molecule has 0 bridgehead atoms. The Balaban J connectivity index is 1.93. The molecule has 1 aliphatic rings. The van der Waals surface area contributed by atoms with Crippen molar-refractivity contribution in [3.63, 3.8) is 0 Å². The quantitative estimate of drug-likeness (QED) is 0.853. The number of rotatable bonds is 2. The molecule has 0 saturated carbocycles. The Morgan fingerprint density at radius 2 is 1.94 bits per heavy atom. The summed E-state index contributed by atoms with van der Waals surface area (Å²) < 4.78 is 5.52. The maximum atomic E-state index is 9.98. The van der Waals surface area contributed by atoms with E-state index in [4.69, 9.17) is 4.74 Å². The molecule has 0 amide bonds. The average molecular weight is 226 g/mol. The lowest BCUT2D eigenvalue weighted by molar-refractivity contribution is 0.356. The second-order valence-corrected chi connectivity index (χ2v) is 4.35. The first-order valence-electron chi connectivity index (χ1n) is 5.84. The van der Waals surface area contributed by atoms with Gasteiger partial charge in [-0.3, -0.25) is 0 Å². The minimum atomic E-state index is 0.373. The Labute approximate surface area is 100 Å². The predicted molar refractivity (Wildman–Crippen MR) is 66.6 cm³/mol. The Morgan fingerprint density at radius 3 is 2.76 bits per heavy atom. The Hall–Kier alpha value is -1.96. The van der Waals surface area contributed by atoms with Crippen LogP contribution in [0, 0.1) is 0 Å². The van der Waals surface area contributed by atoms with E-state index in [9.17, 15) is 5.11 Å². The van der Waals surface area contributed by atoms with Crippen LogP contribution in [0.3, 0.4) is 0 Å². The summed E-state index contributed by atoms with van der Waals surface area (Å²) in [6.07, 6.45) is 1.64. The van der Waals surface area contributed by atoms with Crippen molar-refractivity contribution < 1.29 is 9.84 Å². The van der Waals surface area contributed by atoms with Gasteiger partial charge in [0.1, 0.15) is 11.5 Å². The van der Waals surface area contributed by atoms with Gasteiger partial charge in [0.25, 0.3) is 0 Å². The van der Waals surface area contributed by atoms with Crippen LogP contribution in [-0.2, 0) is 12.8 Å². The number of benzene rings is 2. The molecule has 2 heteroatoms. The van der Waals surface area contributed by atoms with Crippen molar-refractivity contribution in [2.75, 3.05) is 6.61 Å². The Bertz CT molecular complexity index is 532. The largest absolute Gasteiger partial charge is 0.508 e. The smallest absolute Gasteiger partial charge is 0.123 e. The molecular formula is C15H14O2. The number of phenols is 1. The fourth-order valence-corrected chi connectivity index (χ4v) is 2.21. The van der Waals surface area contributed by atoms with E-state index in [0.29, 0.717) is 5.75 Å². The molecular weight excluding hydrogens is 212 g/mol. The van der Waals surface area contributed by atoms with Gasteiger partial charge >= 0.3 is 0 Å². The molecule has 0 spiro atoms. The molecule has 0 aromatic heterocycles. The minimum absolute atomic E-state index is 0.373. The molecule has 0 fully saturated rings. The standard InChI is InChI=1S/C15H14O2/c16-14-9-12-6-7-17-15(12)10-13(14)8-11-4-2-1-3-5-11/h1-5,9-10,16H,6-8H2. The van der Waals surface area contributed by atoms with Crippen molar-refractivity contribution in [3.05, 3.63) is 59.2 Å². The van der Waals surface area contributed by atoms with Gasteiger partial charge in [0.05, 0.1) is 6.61 Å². The molecule has 0 saturated heterocycles. The fraction of sp³-hybridized carbons (Fsp3) is 0.200. The number of phenolic OH excluding ortho intramolecular Hbond substituents is 1. The van der Waals surface area contributed by atoms with Crippen LogP contribution in [0.1, 0.15) is 16.7 Å². The average Bonchev–Trinajstić information content (AvgIpc) is 2.78. The summed E-state index contributed by atoms with van der Waals surface area (Å²) in [4.78, 5) is 0. The zero-order valence-electron chi connectivity index (χ0n) is 9.52. The summed E-state index contributed by atoms with van der Waals surface area (Å²) in [6.45, 7) is 0.726. The highest BCUT2D eigenvalue weighted by Crippen LogP contribution is 2.33. The van der Waals surface area contributed by atoms with Crippen molar-refractivity contribution >= 4 is 0 Å². The summed E-state index contributed by atoms with van der Waals surface area (Å²) in [6, 6.07) is 13.9. The Morgan fingerprint density at radius 1 is 1.12 bits per heavy atom. The van der Waals surface area contributed by atoms with Gasteiger partial charge in [0.2, 0.25) is 0 Å². The topological polar surface area (TPSA) is 29.5 Å². The second-order valence-electron chi connectivity index (χ2n) is 4.35. The van der Waals surface area contributed by atoms with Crippen LogP contribution < -0.4 is 4.74 Å². The third-order valence-electron chi connectivity index (χ3n) is 3.13. The maximum absolute atomic E-state index is 9.98. The highest BCUT2D eigenvalue weighted by Gasteiger charge is 2.15. The molecule has 17 heavy (non-hydrogen) atoms. The number of fused-ring (bicyclic) bond motifs is 1. The monoisotopic (exact) mass is 226 g/mol. The highest BCUT2D eigenvalue weighted by molar-refractivity contribution is 5.49. The molecule has 1 heterocycles. The van der Waals surface area contributed by atoms with Crippen molar-refractivity contribution in [2.45, 2.75) is 12.8 Å². The van der Waals surface area contributed by atoms with E-state index < -0.39 is 0 Å². The number of aromatic hydroxyl groups is 1.